The van der Waals surface area contributed by atoms with Gasteiger partial charge in [-0.2, -0.15) is 5.10 Å². The first-order chi connectivity index (χ1) is 13.1. The van der Waals surface area contributed by atoms with E-state index in [1.165, 1.54) is 32.4 Å². The van der Waals surface area contributed by atoms with Crippen molar-refractivity contribution in [1.82, 2.24) is 18.7 Å². The minimum Gasteiger partial charge on any atom is -0.322 e. The number of anilines is 1. The average molecular weight is 401 g/mol. The third kappa shape index (κ3) is 3.46. The molecule has 1 amide bonds. The second kappa shape index (κ2) is 7.25. The molecule has 0 aliphatic carbocycles. The summed E-state index contributed by atoms with van der Waals surface area (Å²) < 4.78 is 29.1. The first-order valence-corrected chi connectivity index (χ1v) is 10.1. The largest absolute Gasteiger partial charge is 0.322 e. The van der Waals surface area contributed by atoms with Crippen molar-refractivity contribution in [3.63, 3.8) is 0 Å². The van der Waals surface area contributed by atoms with Crippen LogP contribution in [0.1, 0.15) is 21.7 Å². The van der Waals surface area contributed by atoms with Gasteiger partial charge in [-0.1, -0.05) is 0 Å². The van der Waals surface area contributed by atoms with E-state index in [-0.39, 0.29) is 10.8 Å². The van der Waals surface area contributed by atoms with E-state index in [9.17, 15) is 13.2 Å². The highest BCUT2D eigenvalue weighted by molar-refractivity contribution is 7.89. The van der Waals surface area contributed by atoms with Crippen molar-refractivity contribution >= 4 is 21.6 Å². The average Bonchev–Trinajstić information content (AvgIpc) is 3.17. The van der Waals surface area contributed by atoms with Crippen molar-refractivity contribution in [1.29, 1.82) is 0 Å². The number of benzene rings is 1. The zero-order chi connectivity index (χ0) is 20.6. The molecule has 0 radical (unpaired) electrons. The van der Waals surface area contributed by atoms with E-state index in [4.69, 9.17) is 0 Å². The highest BCUT2D eigenvalue weighted by Crippen LogP contribution is 2.22. The fourth-order valence-electron chi connectivity index (χ4n) is 2.98. The zero-order valence-corrected chi connectivity index (χ0v) is 17.3. The van der Waals surface area contributed by atoms with Crippen LogP contribution in [0.4, 0.5) is 5.69 Å². The standard InChI is InChI=1S/C19H23N5O3S/c1-13-6-7-14(2)24(13)19-17(12-20-23(19)5)18(25)21-15-8-10-16(11-9-15)28(26,27)22(3)4/h6-12H,1-5H3,(H,21,25). The van der Waals surface area contributed by atoms with E-state index >= 15 is 0 Å². The Balaban J connectivity index is 1.89. The number of hydrogen-bond acceptors (Lipinski definition) is 4. The number of nitrogens with zero attached hydrogens (tertiary/aromatic N) is 4. The van der Waals surface area contributed by atoms with Crippen molar-refractivity contribution in [2.24, 2.45) is 7.05 Å². The van der Waals surface area contributed by atoms with E-state index in [1.54, 1.807) is 23.9 Å². The smallest absolute Gasteiger partial charge is 0.261 e. The molecule has 3 aromatic rings. The van der Waals surface area contributed by atoms with E-state index in [1.807, 2.05) is 30.5 Å². The molecule has 148 valence electrons. The molecule has 9 heteroatoms. The summed E-state index contributed by atoms with van der Waals surface area (Å²) in [5, 5.41) is 7.04. The lowest BCUT2D eigenvalue weighted by molar-refractivity contribution is 0.102. The molecule has 0 unspecified atom stereocenters. The molecule has 0 aliphatic heterocycles. The predicted octanol–water partition coefficient (Wildman–Crippen LogP) is 2.33. The van der Waals surface area contributed by atoms with Crippen LogP contribution in [0.5, 0.6) is 0 Å². The Hall–Kier alpha value is -2.91. The van der Waals surface area contributed by atoms with E-state index < -0.39 is 10.0 Å². The summed E-state index contributed by atoms with van der Waals surface area (Å²) in [5.74, 6) is 0.350. The van der Waals surface area contributed by atoms with Gasteiger partial charge in [0.1, 0.15) is 11.4 Å². The maximum Gasteiger partial charge on any atom is 0.261 e. The van der Waals surface area contributed by atoms with Gasteiger partial charge in [0.2, 0.25) is 10.0 Å². The lowest BCUT2D eigenvalue weighted by atomic mass is 10.2. The highest BCUT2D eigenvalue weighted by atomic mass is 32.2. The number of amides is 1. The Labute approximate surface area is 164 Å². The second-order valence-electron chi connectivity index (χ2n) is 6.72. The third-order valence-electron chi connectivity index (χ3n) is 4.53. The Morgan fingerprint density at radius 1 is 1.04 bits per heavy atom. The first kappa shape index (κ1) is 19.8. The van der Waals surface area contributed by atoms with E-state index in [2.05, 4.69) is 10.4 Å². The molecule has 0 saturated heterocycles. The molecule has 0 atom stereocenters. The topological polar surface area (TPSA) is 89.2 Å². The summed E-state index contributed by atoms with van der Waals surface area (Å²) in [4.78, 5) is 13.0. The monoisotopic (exact) mass is 401 g/mol. The van der Waals surface area contributed by atoms with Crippen LogP contribution in [0.25, 0.3) is 5.82 Å². The Kier molecular flexibility index (Phi) is 5.14. The summed E-state index contributed by atoms with van der Waals surface area (Å²) in [5.41, 5.74) is 2.91. The molecule has 3 rings (SSSR count). The van der Waals surface area contributed by atoms with Gasteiger partial charge >= 0.3 is 0 Å². The van der Waals surface area contributed by atoms with Crippen LogP contribution in [0, 0.1) is 13.8 Å². The molecule has 0 fully saturated rings. The van der Waals surface area contributed by atoms with Gasteiger partial charge in [-0.3, -0.25) is 9.48 Å². The summed E-state index contributed by atoms with van der Waals surface area (Å²) in [7, 11) is 1.22. The van der Waals surface area contributed by atoms with Crippen LogP contribution in [-0.2, 0) is 17.1 Å². The second-order valence-corrected chi connectivity index (χ2v) is 8.87. The number of carbonyl (C=O) groups excluding carboxylic acids is 1. The van der Waals surface area contributed by atoms with Crippen molar-refractivity contribution < 1.29 is 13.2 Å². The van der Waals surface area contributed by atoms with Crippen molar-refractivity contribution in [3.8, 4) is 5.82 Å². The molecule has 0 spiro atoms. The van der Waals surface area contributed by atoms with Crippen LogP contribution in [0.15, 0.2) is 47.5 Å². The molecule has 0 saturated carbocycles. The zero-order valence-electron chi connectivity index (χ0n) is 16.5. The van der Waals surface area contributed by atoms with Crippen LogP contribution in [0.2, 0.25) is 0 Å². The number of aromatic nitrogens is 3. The molecule has 8 nitrogen and oxygen atoms in total. The number of sulfonamides is 1. The predicted molar refractivity (Wildman–Crippen MR) is 107 cm³/mol. The van der Waals surface area contributed by atoms with Gasteiger partial charge in [0.25, 0.3) is 5.91 Å². The summed E-state index contributed by atoms with van der Waals surface area (Å²) in [6.07, 6.45) is 1.52. The van der Waals surface area contributed by atoms with Gasteiger partial charge in [-0.25, -0.2) is 12.7 Å². The van der Waals surface area contributed by atoms with Crippen LogP contribution >= 0.6 is 0 Å². The normalized spacial score (nSPS) is 11.8. The fraction of sp³-hybridized carbons (Fsp3) is 0.263. The van der Waals surface area contributed by atoms with Gasteiger partial charge < -0.3 is 9.88 Å². The maximum atomic E-state index is 12.9. The Morgan fingerprint density at radius 3 is 2.14 bits per heavy atom. The minimum atomic E-state index is -3.51. The number of aryl methyl sites for hydroxylation is 3. The third-order valence-corrected chi connectivity index (χ3v) is 6.36. The maximum absolute atomic E-state index is 12.9. The highest BCUT2D eigenvalue weighted by Gasteiger charge is 2.21. The molecule has 2 aromatic heterocycles. The Morgan fingerprint density at radius 2 is 1.61 bits per heavy atom. The summed E-state index contributed by atoms with van der Waals surface area (Å²) in [6.45, 7) is 3.93. The lowest BCUT2D eigenvalue weighted by Gasteiger charge is -2.13. The van der Waals surface area contributed by atoms with Gasteiger partial charge in [0, 0.05) is 38.2 Å². The molecular formula is C19H23N5O3S. The molecular weight excluding hydrogens is 378 g/mol. The van der Waals surface area contributed by atoms with Gasteiger partial charge in [-0.05, 0) is 50.2 Å². The molecule has 0 aliphatic rings. The number of nitrogens with one attached hydrogen (secondary N) is 1. The molecule has 28 heavy (non-hydrogen) atoms. The minimum absolute atomic E-state index is 0.163. The molecule has 1 aromatic carbocycles. The van der Waals surface area contributed by atoms with Crippen LogP contribution < -0.4 is 5.32 Å². The number of carbonyl (C=O) groups is 1. The molecule has 1 N–H and O–H groups in total. The fourth-order valence-corrected chi connectivity index (χ4v) is 3.88. The number of rotatable bonds is 5. The van der Waals surface area contributed by atoms with Gasteiger partial charge in [0.05, 0.1) is 11.1 Å². The molecule has 2 heterocycles. The SMILES string of the molecule is Cc1ccc(C)n1-c1c(C(=O)Nc2ccc(S(=O)(=O)N(C)C)cc2)cnn1C. The first-order valence-electron chi connectivity index (χ1n) is 8.64. The lowest BCUT2D eigenvalue weighted by Crippen LogP contribution is -2.22. The van der Waals surface area contributed by atoms with E-state index in [0.717, 1.165) is 15.7 Å². The van der Waals surface area contributed by atoms with Crippen molar-refractivity contribution in [2.75, 3.05) is 19.4 Å². The van der Waals surface area contributed by atoms with Crippen LogP contribution in [-0.4, -0.2) is 47.1 Å². The van der Waals surface area contributed by atoms with Crippen molar-refractivity contribution in [2.45, 2.75) is 18.7 Å². The van der Waals surface area contributed by atoms with Gasteiger partial charge in [-0.15, -0.1) is 0 Å². The Bertz CT molecular complexity index is 1110. The quantitative estimate of drug-likeness (QED) is 0.711. The van der Waals surface area contributed by atoms with Crippen LogP contribution in [0.3, 0.4) is 0 Å². The molecule has 0 bridgehead atoms. The number of hydrogen-bond donors (Lipinski definition) is 1. The van der Waals surface area contributed by atoms with E-state index in [0.29, 0.717) is 17.1 Å². The summed E-state index contributed by atoms with van der Waals surface area (Å²) >= 11 is 0. The van der Waals surface area contributed by atoms with Crippen molar-refractivity contribution in [3.05, 3.63) is 59.5 Å². The summed E-state index contributed by atoms with van der Waals surface area (Å²) in [6, 6.07) is 10.0. The van der Waals surface area contributed by atoms with Gasteiger partial charge in [0.15, 0.2) is 0 Å².